The molecular weight excluding hydrogens is 380 g/mol. The maximum atomic E-state index is 10.2. The highest BCUT2D eigenvalue weighted by molar-refractivity contribution is 9.10. The first kappa shape index (κ1) is 12.7. The van der Waals surface area contributed by atoms with Crippen molar-refractivity contribution in [1.82, 2.24) is 0 Å². The van der Waals surface area contributed by atoms with Gasteiger partial charge in [-0.1, -0.05) is 15.9 Å². The third-order valence-electron chi connectivity index (χ3n) is 3.03. The molecule has 2 aromatic rings. The van der Waals surface area contributed by atoms with E-state index < -0.39 is 6.10 Å². The van der Waals surface area contributed by atoms with Crippen molar-refractivity contribution in [2.24, 2.45) is 0 Å². The number of hydrogen-bond donors (Lipinski definition) is 1. The second-order valence-corrected chi connectivity index (χ2v) is 6.73. The van der Waals surface area contributed by atoms with Crippen LogP contribution in [0.25, 0.3) is 0 Å². The molecule has 18 heavy (non-hydrogen) atoms. The van der Waals surface area contributed by atoms with Gasteiger partial charge < -0.3 is 9.84 Å². The van der Waals surface area contributed by atoms with Gasteiger partial charge in [-0.15, -0.1) is 0 Å². The fourth-order valence-electron chi connectivity index (χ4n) is 2.13. The molecular formula is C13H10Br2O2S. The van der Waals surface area contributed by atoms with Gasteiger partial charge in [-0.05, 0) is 39.5 Å². The Bertz CT molecular complexity index is 582. The molecule has 2 atom stereocenters. The van der Waals surface area contributed by atoms with Crippen molar-refractivity contribution < 1.29 is 9.84 Å². The molecule has 0 aliphatic carbocycles. The molecule has 2 nitrogen and oxygen atoms in total. The monoisotopic (exact) mass is 388 g/mol. The largest absolute Gasteiger partial charge is 0.485 e. The van der Waals surface area contributed by atoms with Gasteiger partial charge in [-0.25, -0.2) is 0 Å². The number of halogens is 2. The lowest BCUT2D eigenvalue weighted by Gasteiger charge is -2.29. The summed E-state index contributed by atoms with van der Waals surface area (Å²) in [5.74, 6) is 0.764. The van der Waals surface area contributed by atoms with Crippen LogP contribution in [0.2, 0.25) is 0 Å². The quantitative estimate of drug-likeness (QED) is 0.756. The van der Waals surface area contributed by atoms with E-state index >= 15 is 0 Å². The van der Waals surface area contributed by atoms with Gasteiger partial charge in [-0.3, -0.25) is 0 Å². The van der Waals surface area contributed by atoms with Crippen LogP contribution < -0.4 is 4.74 Å². The van der Waals surface area contributed by atoms with Crippen molar-refractivity contribution in [2.45, 2.75) is 18.6 Å². The van der Waals surface area contributed by atoms with Crippen LogP contribution in [0.1, 0.15) is 29.8 Å². The molecule has 1 aromatic carbocycles. The number of benzene rings is 1. The zero-order valence-corrected chi connectivity index (χ0v) is 13.3. The molecule has 1 aromatic heterocycles. The number of fused-ring (bicyclic) bond motifs is 1. The van der Waals surface area contributed by atoms with Crippen molar-refractivity contribution in [3.63, 3.8) is 0 Å². The first-order valence-corrected chi connectivity index (χ1v) is 8.04. The van der Waals surface area contributed by atoms with E-state index in [1.807, 2.05) is 23.6 Å². The highest BCUT2D eigenvalue weighted by Crippen LogP contribution is 2.43. The second-order valence-electron chi connectivity index (χ2n) is 4.22. The minimum atomic E-state index is -0.483. The maximum Gasteiger partial charge on any atom is 0.128 e. The molecule has 0 amide bonds. The van der Waals surface area contributed by atoms with Crippen molar-refractivity contribution in [2.75, 3.05) is 0 Å². The Morgan fingerprint density at radius 1 is 1.22 bits per heavy atom. The maximum absolute atomic E-state index is 10.2. The topological polar surface area (TPSA) is 29.5 Å². The minimum absolute atomic E-state index is 0.0886. The Morgan fingerprint density at radius 3 is 2.78 bits per heavy atom. The number of aliphatic hydroxyl groups excluding tert-OH is 1. The Balaban J connectivity index is 1.97. The van der Waals surface area contributed by atoms with Gasteiger partial charge in [0.25, 0.3) is 0 Å². The first-order chi connectivity index (χ1) is 8.65. The summed E-state index contributed by atoms with van der Waals surface area (Å²) < 4.78 is 7.98. The number of hydrogen-bond acceptors (Lipinski definition) is 3. The lowest BCUT2D eigenvalue weighted by molar-refractivity contribution is 0.0655. The van der Waals surface area contributed by atoms with E-state index in [1.54, 1.807) is 11.3 Å². The van der Waals surface area contributed by atoms with E-state index in [0.29, 0.717) is 6.42 Å². The average Bonchev–Trinajstić information content (AvgIpc) is 2.76. The summed E-state index contributed by atoms with van der Waals surface area (Å²) in [5.41, 5.74) is 1.96. The van der Waals surface area contributed by atoms with Gasteiger partial charge in [0.1, 0.15) is 11.9 Å². The normalized spacial score (nSPS) is 22.4. The van der Waals surface area contributed by atoms with Crippen molar-refractivity contribution >= 4 is 43.2 Å². The van der Waals surface area contributed by atoms with Crippen LogP contribution in [0.3, 0.4) is 0 Å². The van der Waals surface area contributed by atoms with Crippen molar-refractivity contribution in [3.05, 3.63) is 49.0 Å². The fraction of sp³-hybridized carbons (Fsp3) is 0.231. The van der Waals surface area contributed by atoms with Crippen molar-refractivity contribution in [1.29, 1.82) is 0 Å². The highest BCUT2D eigenvalue weighted by atomic mass is 79.9. The van der Waals surface area contributed by atoms with Gasteiger partial charge in [-0.2, -0.15) is 11.3 Å². The van der Waals surface area contributed by atoms with E-state index in [2.05, 4.69) is 37.2 Å². The number of aliphatic hydroxyl groups is 1. The van der Waals surface area contributed by atoms with Gasteiger partial charge in [0, 0.05) is 31.9 Å². The first-order valence-electron chi connectivity index (χ1n) is 5.51. The Hall–Kier alpha value is -0.360. The molecule has 3 rings (SSSR count). The molecule has 1 unspecified atom stereocenters. The smallest absolute Gasteiger partial charge is 0.128 e. The summed E-state index contributed by atoms with van der Waals surface area (Å²) >= 11 is 8.55. The van der Waals surface area contributed by atoms with E-state index in [4.69, 9.17) is 4.74 Å². The molecule has 0 radical (unpaired) electrons. The fourth-order valence-corrected chi connectivity index (χ4v) is 4.10. The van der Waals surface area contributed by atoms with Crippen LogP contribution in [0.15, 0.2) is 37.9 Å². The molecule has 1 N–H and O–H groups in total. The second kappa shape index (κ2) is 4.96. The molecule has 0 spiro atoms. The zero-order chi connectivity index (χ0) is 12.7. The predicted octanol–water partition coefficient (Wildman–Crippen LogP) is 4.83. The molecule has 0 bridgehead atoms. The van der Waals surface area contributed by atoms with Crippen LogP contribution in [0, 0.1) is 0 Å². The van der Waals surface area contributed by atoms with E-state index in [-0.39, 0.29) is 6.10 Å². The number of rotatable bonds is 1. The predicted molar refractivity (Wildman–Crippen MR) is 79.1 cm³/mol. The summed E-state index contributed by atoms with van der Waals surface area (Å²) in [4.78, 5) is 0. The van der Waals surface area contributed by atoms with Crippen molar-refractivity contribution in [3.8, 4) is 5.75 Å². The van der Waals surface area contributed by atoms with Gasteiger partial charge >= 0.3 is 0 Å². The van der Waals surface area contributed by atoms with Gasteiger partial charge in [0.15, 0.2) is 0 Å². The van der Waals surface area contributed by atoms with E-state index in [1.165, 1.54) is 0 Å². The lowest BCUT2D eigenvalue weighted by Crippen LogP contribution is -2.18. The van der Waals surface area contributed by atoms with Crippen LogP contribution in [0.4, 0.5) is 0 Å². The molecule has 0 saturated carbocycles. The molecule has 1 aliphatic rings. The third kappa shape index (κ3) is 2.25. The SMILES string of the molecule is O[C@@H]1CC(c2cscc2Br)Oc2ccc(Br)cc21. The molecule has 5 heteroatoms. The highest BCUT2D eigenvalue weighted by Gasteiger charge is 2.29. The zero-order valence-electron chi connectivity index (χ0n) is 9.27. The average molecular weight is 390 g/mol. The Labute approximate surface area is 126 Å². The molecule has 2 heterocycles. The summed E-state index contributed by atoms with van der Waals surface area (Å²) in [6.07, 6.45) is 0.0102. The standard InChI is InChI=1S/C13H10Br2O2S/c14-7-1-2-12-8(3-7)11(16)4-13(17-12)9-5-18-6-10(9)15/h1-3,5-6,11,13,16H,4H2/t11-,13?/m1/s1. The Morgan fingerprint density at radius 2 is 2.06 bits per heavy atom. The third-order valence-corrected chi connectivity index (χ3v) is 5.27. The van der Waals surface area contributed by atoms with E-state index in [9.17, 15) is 5.11 Å². The molecule has 94 valence electrons. The van der Waals surface area contributed by atoms with Crippen LogP contribution in [0.5, 0.6) is 5.75 Å². The minimum Gasteiger partial charge on any atom is -0.485 e. The van der Waals surface area contributed by atoms with E-state index in [0.717, 1.165) is 25.8 Å². The summed E-state index contributed by atoms with van der Waals surface area (Å²) in [6, 6.07) is 5.74. The lowest BCUT2D eigenvalue weighted by atomic mass is 9.96. The number of thiophene rings is 1. The summed E-state index contributed by atoms with van der Waals surface area (Å²) in [6.45, 7) is 0. The molecule has 0 fully saturated rings. The van der Waals surface area contributed by atoms with Gasteiger partial charge in [0.05, 0.1) is 6.10 Å². The summed E-state index contributed by atoms with van der Waals surface area (Å²) in [5, 5.41) is 14.3. The molecule has 1 aliphatic heterocycles. The Kier molecular flexibility index (Phi) is 3.49. The van der Waals surface area contributed by atoms with Gasteiger partial charge in [0.2, 0.25) is 0 Å². The summed E-state index contributed by atoms with van der Waals surface area (Å²) in [7, 11) is 0. The number of ether oxygens (including phenoxy) is 1. The van der Waals surface area contributed by atoms with Crippen LogP contribution >= 0.6 is 43.2 Å². The molecule has 0 saturated heterocycles. The van der Waals surface area contributed by atoms with Crippen LogP contribution in [-0.2, 0) is 0 Å². The van der Waals surface area contributed by atoms with Crippen LogP contribution in [-0.4, -0.2) is 5.11 Å².